The molecule has 1 atom stereocenters. The number of nitrogens with one attached hydrogen (secondary N) is 1. The summed E-state index contributed by atoms with van der Waals surface area (Å²) in [7, 11) is 3.68. The second-order valence-electron chi connectivity index (χ2n) is 7.07. The van der Waals surface area contributed by atoms with Gasteiger partial charge in [0, 0.05) is 26.6 Å². The average Bonchev–Trinajstić information content (AvgIpc) is 3.27. The summed E-state index contributed by atoms with van der Waals surface area (Å²) in [5.41, 5.74) is 2.17. The lowest BCUT2D eigenvalue weighted by molar-refractivity contribution is -0.117. The Bertz CT molecular complexity index is 968. The van der Waals surface area contributed by atoms with Crippen LogP contribution in [0.5, 0.6) is 0 Å². The monoisotopic (exact) mass is 400 g/mol. The zero-order chi connectivity index (χ0) is 19.5. The van der Waals surface area contributed by atoms with Gasteiger partial charge in [-0.05, 0) is 31.5 Å². The number of rotatable bonds is 6. The molecule has 1 N–H and O–H groups in total. The molecule has 0 unspecified atom stereocenters. The first kappa shape index (κ1) is 19.0. The van der Waals surface area contributed by atoms with Crippen molar-refractivity contribution in [3.63, 3.8) is 0 Å². The fraction of sp³-hybridized carbons (Fsp3) is 0.474. The fourth-order valence-electron chi connectivity index (χ4n) is 3.79. The van der Waals surface area contributed by atoms with E-state index in [1.807, 2.05) is 18.2 Å². The molecule has 1 aliphatic heterocycles. The minimum Gasteiger partial charge on any atom is -0.377 e. The normalized spacial score (nSPS) is 17.9. The van der Waals surface area contributed by atoms with Crippen LogP contribution in [-0.4, -0.2) is 57.3 Å². The van der Waals surface area contributed by atoms with Crippen LogP contribution in [0.25, 0.3) is 11.0 Å². The van der Waals surface area contributed by atoms with Gasteiger partial charge in [-0.2, -0.15) is 0 Å². The van der Waals surface area contributed by atoms with E-state index in [1.54, 1.807) is 7.11 Å². The number of para-hydroxylation sites is 2. The molecule has 28 heavy (non-hydrogen) atoms. The summed E-state index contributed by atoms with van der Waals surface area (Å²) in [4.78, 5) is 19.5. The van der Waals surface area contributed by atoms with Gasteiger partial charge in [0.1, 0.15) is 17.4 Å². The van der Waals surface area contributed by atoms with Crippen molar-refractivity contribution in [2.24, 2.45) is 7.05 Å². The molecule has 4 rings (SSSR count). The van der Waals surface area contributed by atoms with Crippen LogP contribution in [-0.2, 0) is 23.2 Å². The molecule has 9 heteroatoms. The number of fused-ring (bicyclic) bond motifs is 1. The average molecular weight is 401 g/mol. The van der Waals surface area contributed by atoms with E-state index < -0.39 is 0 Å². The van der Waals surface area contributed by atoms with Gasteiger partial charge in [0.15, 0.2) is 0 Å². The summed E-state index contributed by atoms with van der Waals surface area (Å²) in [6, 6.07) is 8.20. The van der Waals surface area contributed by atoms with Gasteiger partial charge < -0.3 is 9.30 Å². The van der Waals surface area contributed by atoms with Crippen LogP contribution in [0, 0.1) is 0 Å². The first-order valence-corrected chi connectivity index (χ1v) is 10.2. The maximum Gasteiger partial charge on any atom is 0.240 e. The van der Waals surface area contributed by atoms with E-state index in [4.69, 9.17) is 9.72 Å². The van der Waals surface area contributed by atoms with Crippen LogP contribution < -0.4 is 5.32 Å². The van der Waals surface area contributed by atoms with Crippen molar-refractivity contribution in [2.45, 2.75) is 25.4 Å². The first-order chi connectivity index (χ1) is 13.6. The molecular formula is C19H24N6O2S. The van der Waals surface area contributed by atoms with E-state index in [-0.39, 0.29) is 5.91 Å². The molecule has 148 valence electrons. The van der Waals surface area contributed by atoms with E-state index in [1.165, 1.54) is 11.3 Å². The van der Waals surface area contributed by atoms with Gasteiger partial charge in [0.25, 0.3) is 0 Å². The van der Waals surface area contributed by atoms with E-state index >= 15 is 0 Å². The highest BCUT2D eigenvalue weighted by Crippen LogP contribution is 2.28. The number of hydrogen-bond donors (Lipinski definition) is 1. The van der Waals surface area contributed by atoms with E-state index in [9.17, 15) is 4.79 Å². The quantitative estimate of drug-likeness (QED) is 0.684. The number of likely N-dealkylation sites (tertiary alicyclic amines) is 1. The number of hydrogen-bond acceptors (Lipinski definition) is 7. The molecule has 3 heterocycles. The molecule has 2 aromatic heterocycles. The van der Waals surface area contributed by atoms with E-state index in [0.717, 1.165) is 47.8 Å². The number of amides is 1. The summed E-state index contributed by atoms with van der Waals surface area (Å²) in [5, 5.41) is 12.1. The van der Waals surface area contributed by atoms with Crippen LogP contribution in [0.2, 0.25) is 0 Å². The Kier molecular flexibility index (Phi) is 5.65. The first-order valence-electron chi connectivity index (χ1n) is 9.39. The van der Waals surface area contributed by atoms with Crippen molar-refractivity contribution < 1.29 is 9.53 Å². The second-order valence-corrected chi connectivity index (χ2v) is 8.14. The third-order valence-electron chi connectivity index (χ3n) is 5.04. The Morgan fingerprint density at radius 3 is 3.04 bits per heavy atom. The van der Waals surface area contributed by atoms with Gasteiger partial charge in [-0.1, -0.05) is 23.5 Å². The molecule has 3 aromatic rings. The van der Waals surface area contributed by atoms with Gasteiger partial charge in [0.05, 0.1) is 17.6 Å². The standard InChI is InChI=1S/C19H24N6O2S/c1-24-15-8-4-3-7-14(15)20-18(24)13-6-5-9-25(10-13)11-16(26)21-19-23-22-17(28-19)12-27-2/h3-4,7-8,13H,5-6,9-12H2,1-2H3,(H,21,23,26)/t13-/m0/s1. The Balaban J connectivity index is 1.39. The van der Waals surface area contributed by atoms with E-state index in [2.05, 4.69) is 38.1 Å². The summed E-state index contributed by atoms with van der Waals surface area (Å²) in [5.74, 6) is 1.36. The number of aryl methyl sites for hydroxylation is 1. The summed E-state index contributed by atoms with van der Waals surface area (Å²) in [6.07, 6.45) is 2.14. The zero-order valence-electron chi connectivity index (χ0n) is 16.1. The maximum atomic E-state index is 12.4. The van der Waals surface area contributed by atoms with Crippen LogP contribution >= 0.6 is 11.3 Å². The van der Waals surface area contributed by atoms with E-state index in [0.29, 0.717) is 24.2 Å². The summed E-state index contributed by atoms with van der Waals surface area (Å²) in [6.45, 7) is 2.49. The number of aromatic nitrogens is 4. The second kappa shape index (κ2) is 8.34. The van der Waals surface area contributed by atoms with Crippen molar-refractivity contribution >= 4 is 33.4 Å². The number of methoxy groups -OCH3 is 1. The van der Waals surface area contributed by atoms with Crippen LogP contribution in [0.1, 0.15) is 29.6 Å². The van der Waals surface area contributed by atoms with Crippen molar-refractivity contribution in [1.29, 1.82) is 0 Å². The Morgan fingerprint density at radius 1 is 1.36 bits per heavy atom. The Labute approximate surface area is 167 Å². The number of imidazole rings is 1. The summed E-state index contributed by atoms with van der Waals surface area (Å²) >= 11 is 1.34. The molecule has 1 aliphatic rings. The molecular weight excluding hydrogens is 376 g/mol. The van der Waals surface area contributed by atoms with Crippen molar-refractivity contribution in [3.05, 3.63) is 35.1 Å². The van der Waals surface area contributed by atoms with Gasteiger partial charge >= 0.3 is 0 Å². The van der Waals surface area contributed by atoms with Crippen molar-refractivity contribution in [3.8, 4) is 0 Å². The largest absolute Gasteiger partial charge is 0.377 e. The topological polar surface area (TPSA) is 85.2 Å². The van der Waals surface area contributed by atoms with Crippen molar-refractivity contribution in [2.75, 3.05) is 32.1 Å². The molecule has 8 nitrogen and oxygen atoms in total. The lowest BCUT2D eigenvalue weighted by Crippen LogP contribution is -2.40. The number of benzene rings is 1. The lowest BCUT2D eigenvalue weighted by atomic mass is 9.97. The number of piperidine rings is 1. The highest BCUT2D eigenvalue weighted by molar-refractivity contribution is 7.15. The maximum absolute atomic E-state index is 12.4. The molecule has 0 saturated carbocycles. The Morgan fingerprint density at radius 2 is 2.21 bits per heavy atom. The number of nitrogens with zero attached hydrogens (tertiary/aromatic N) is 5. The van der Waals surface area contributed by atoms with Crippen LogP contribution in [0.15, 0.2) is 24.3 Å². The zero-order valence-corrected chi connectivity index (χ0v) is 16.9. The Hall–Kier alpha value is -2.36. The van der Waals surface area contributed by atoms with Crippen LogP contribution in [0.4, 0.5) is 5.13 Å². The molecule has 0 aliphatic carbocycles. The molecule has 1 aromatic carbocycles. The van der Waals surface area contributed by atoms with Gasteiger partial charge in [-0.15, -0.1) is 10.2 Å². The van der Waals surface area contributed by atoms with Gasteiger partial charge in [0.2, 0.25) is 11.0 Å². The SMILES string of the molecule is COCc1nnc(NC(=O)CN2CCC[C@H](c3nc4ccccc4n3C)C2)s1. The number of carbonyl (C=O) groups is 1. The van der Waals surface area contributed by atoms with Gasteiger partial charge in [-0.3, -0.25) is 15.0 Å². The number of anilines is 1. The third-order valence-corrected chi connectivity index (χ3v) is 5.85. The van der Waals surface area contributed by atoms with Gasteiger partial charge in [-0.25, -0.2) is 4.98 Å². The highest BCUT2D eigenvalue weighted by Gasteiger charge is 2.26. The molecule has 0 bridgehead atoms. The number of carbonyl (C=O) groups excluding carboxylic acids is 1. The predicted octanol–water partition coefficient (Wildman–Crippen LogP) is 2.39. The smallest absolute Gasteiger partial charge is 0.240 e. The van der Waals surface area contributed by atoms with Crippen molar-refractivity contribution in [1.82, 2.24) is 24.6 Å². The minimum absolute atomic E-state index is 0.0641. The highest BCUT2D eigenvalue weighted by atomic mass is 32.1. The summed E-state index contributed by atoms with van der Waals surface area (Å²) < 4.78 is 7.21. The molecule has 1 amide bonds. The third kappa shape index (κ3) is 4.06. The molecule has 1 saturated heterocycles. The lowest BCUT2D eigenvalue weighted by Gasteiger charge is -2.31. The molecule has 0 radical (unpaired) electrons. The molecule has 0 spiro atoms. The minimum atomic E-state index is -0.0641. The number of ether oxygens (including phenoxy) is 1. The van der Waals surface area contributed by atoms with Crippen LogP contribution in [0.3, 0.4) is 0 Å². The molecule has 1 fully saturated rings. The predicted molar refractivity (Wildman–Crippen MR) is 108 cm³/mol. The fourth-order valence-corrected chi connectivity index (χ4v) is 4.52.